The maximum Gasteiger partial charge on any atom is 0.167 e. The number of ether oxygens (including phenoxy) is 1. The Bertz CT molecular complexity index is 947. The number of pyridine rings is 1. The van der Waals surface area contributed by atoms with Gasteiger partial charge in [-0.1, -0.05) is 55.6 Å². The molecule has 2 aromatic heterocycles. The first-order valence-electron chi connectivity index (χ1n) is 9.34. The molecule has 0 amide bonds. The van der Waals surface area contributed by atoms with E-state index in [0.717, 1.165) is 23.5 Å². The third kappa shape index (κ3) is 3.78. The molecule has 4 nitrogen and oxygen atoms in total. The first-order valence-corrected chi connectivity index (χ1v) is 10.1. The lowest BCUT2D eigenvalue weighted by molar-refractivity contribution is 0.214. The summed E-state index contributed by atoms with van der Waals surface area (Å²) in [6.45, 7) is 5.02. The molecule has 1 saturated carbocycles. The normalized spacial score (nSPS) is 19.3. The van der Waals surface area contributed by atoms with E-state index >= 15 is 0 Å². The van der Waals surface area contributed by atoms with E-state index in [0.29, 0.717) is 33.7 Å². The Morgan fingerprint density at radius 1 is 1.15 bits per heavy atom. The van der Waals surface area contributed by atoms with Gasteiger partial charge in [-0.05, 0) is 42.9 Å². The van der Waals surface area contributed by atoms with Crippen LogP contribution in [0.1, 0.15) is 56.8 Å². The Kier molecular flexibility index (Phi) is 5.04. The quantitative estimate of drug-likeness (QED) is 0.512. The molecule has 4 rings (SSSR count). The molecule has 1 fully saturated rings. The summed E-state index contributed by atoms with van der Waals surface area (Å²) in [7, 11) is 0. The van der Waals surface area contributed by atoms with Crippen molar-refractivity contribution in [1.82, 2.24) is 14.6 Å². The van der Waals surface area contributed by atoms with Crippen LogP contribution in [0.5, 0.6) is 5.75 Å². The lowest BCUT2D eigenvalue weighted by atomic mass is 9.72. The van der Waals surface area contributed by atoms with Crippen molar-refractivity contribution in [3.63, 3.8) is 0 Å². The van der Waals surface area contributed by atoms with Crippen LogP contribution < -0.4 is 4.74 Å². The molecule has 0 saturated heterocycles. The van der Waals surface area contributed by atoms with Gasteiger partial charge in [-0.3, -0.25) is 4.40 Å². The van der Waals surface area contributed by atoms with Crippen molar-refractivity contribution in [3.05, 3.63) is 58.0 Å². The fourth-order valence-electron chi connectivity index (χ4n) is 4.07. The van der Waals surface area contributed by atoms with E-state index in [9.17, 15) is 0 Å². The number of fused-ring (bicyclic) bond motifs is 1. The Morgan fingerprint density at radius 3 is 2.67 bits per heavy atom. The molecule has 0 N–H and O–H groups in total. The zero-order valence-corrected chi connectivity index (χ0v) is 17.1. The summed E-state index contributed by atoms with van der Waals surface area (Å²) >= 11 is 12.4. The third-order valence-electron chi connectivity index (χ3n) is 5.40. The second kappa shape index (κ2) is 7.33. The van der Waals surface area contributed by atoms with Gasteiger partial charge in [-0.2, -0.15) is 0 Å². The molecule has 3 aromatic rings. The van der Waals surface area contributed by atoms with Gasteiger partial charge < -0.3 is 4.74 Å². The molecule has 1 aromatic carbocycles. The highest BCUT2D eigenvalue weighted by Crippen LogP contribution is 2.43. The standard InChI is InChI=1S/C21H23Cl2N3O/c1-21(2)10-4-6-14(12-21)19-24-25-20-15(7-5-11-26(19)20)13-27-18-16(22)8-3-9-17(18)23/h3,5,7-9,11,14H,4,6,10,12-13H2,1-2H3. The fraction of sp³-hybridized carbons (Fsp3) is 0.429. The molecule has 0 spiro atoms. The van der Waals surface area contributed by atoms with E-state index in [1.165, 1.54) is 19.3 Å². The number of hydrogen-bond acceptors (Lipinski definition) is 3. The largest absolute Gasteiger partial charge is 0.486 e. The number of halogens is 2. The molecule has 27 heavy (non-hydrogen) atoms. The number of aromatic nitrogens is 3. The zero-order valence-electron chi connectivity index (χ0n) is 15.6. The molecule has 0 bridgehead atoms. The molecule has 0 aliphatic heterocycles. The maximum absolute atomic E-state index is 6.20. The number of hydrogen-bond donors (Lipinski definition) is 0. The molecular formula is C21H23Cl2N3O. The Morgan fingerprint density at radius 2 is 1.93 bits per heavy atom. The van der Waals surface area contributed by atoms with Crippen LogP contribution >= 0.6 is 23.2 Å². The predicted molar refractivity (Wildman–Crippen MR) is 109 cm³/mol. The summed E-state index contributed by atoms with van der Waals surface area (Å²) < 4.78 is 8.01. The minimum atomic E-state index is 0.335. The summed E-state index contributed by atoms with van der Waals surface area (Å²) in [5.74, 6) is 1.99. The van der Waals surface area contributed by atoms with Gasteiger partial charge in [0.15, 0.2) is 11.4 Å². The van der Waals surface area contributed by atoms with Crippen LogP contribution in [0, 0.1) is 5.41 Å². The third-order valence-corrected chi connectivity index (χ3v) is 6.00. The monoisotopic (exact) mass is 403 g/mol. The van der Waals surface area contributed by atoms with Crippen LogP contribution in [0.15, 0.2) is 36.5 Å². The SMILES string of the molecule is CC1(C)CCCC(c2nnc3c(COc4c(Cl)cccc4Cl)cccn23)C1. The maximum atomic E-state index is 6.20. The van der Waals surface area contributed by atoms with Gasteiger partial charge >= 0.3 is 0 Å². The average molecular weight is 404 g/mol. The van der Waals surface area contributed by atoms with E-state index in [1.807, 2.05) is 18.3 Å². The molecule has 1 aliphatic rings. The summed E-state index contributed by atoms with van der Waals surface area (Å²) in [4.78, 5) is 0. The van der Waals surface area contributed by atoms with Crippen LogP contribution in [0.25, 0.3) is 5.65 Å². The summed E-state index contributed by atoms with van der Waals surface area (Å²) in [5, 5.41) is 10.0. The van der Waals surface area contributed by atoms with Gasteiger partial charge in [0.25, 0.3) is 0 Å². The van der Waals surface area contributed by atoms with Crippen molar-refractivity contribution in [2.75, 3.05) is 0 Å². The van der Waals surface area contributed by atoms with Crippen molar-refractivity contribution < 1.29 is 4.74 Å². The molecule has 1 aliphatic carbocycles. The van der Waals surface area contributed by atoms with Gasteiger partial charge in [0, 0.05) is 17.7 Å². The Labute approximate surface area is 169 Å². The van der Waals surface area contributed by atoms with E-state index in [-0.39, 0.29) is 0 Å². The first kappa shape index (κ1) is 18.6. The lowest BCUT2D eigenvalue weighted by Crippen LogP contribution is -2.22. The predicted octanol–water partition coefficient (Wildman–Crippen LogP) is 6.30. The zero-order chi connectivity index (χ0) is 19.0. The van der Waals surface area contributed by atoms with Gasteiger partial charge in [-0.25, -0.2) is 0 Å². The summed E-state index contributed by atoms with van der Waals surface area (Å²) in [6, 6.07) is 9.35. The average Bonchev–Trinajstić information content (AvgIpc) is 3.05. The molecular weight excluding hydrogens is 381 g/mol. The molecule has 2 heterocycles. The van der Waals surface area contributed by atoms with Gasteiger partial charge in [0.1, 0.15) is 12.4 Å². The van der Waals surface area contributed by atoms with Gasteiger partial charge in [0.05, 0.1) is 10.0 Å². The molecule has 1 unspecified atom stereocenters. The minimum absolute atomic E-state index is 0.335. The van der Waals surface area contributed by atoms with Gasteiger partial charge in [0.2, 0.25) is 0 Å². The fourth-order valence-corrected chi connectivity index (χ4v) is 4.58. The van der Waals surface area contributed by atoms with E-state index < -0.39 is 0 Å². The van der Waals surface area contributed by atoms with Crippen molar-refractivity contribution in [2.24, 2.45) is 5.41 Å². The van der Waals surface area contributed by atoms with Crippen LogP contribution in [-0.2, 0) is 6.61 Å². The Balaban J connectivity index is 1.61. The van der Waals surface area contributed by atoms with Crippen molar-refractivity contribution in [1.29, 1.82) is 0 Å². The van der Waals surface area contributed by atoms with E-state index in [4.69, 9.17) is 27.9 Å². The highest BCUT2D eigenvalue weighted by Gasteiger charge is 2.31. The molecule has 142 valence electrons. The van der Waals surface area contributed by atoms with Crippen molar-refractivity contribution >= 4 is 28.8 Å². The highest BCUT2D eigenvalue weighted by atomic mass is 35.5. The smallest absolute Gasteiger partial charge is 0.167 e. The second-order valence-electron chi connectivity index (χ2n) is 8.08. The number of nitrogens with zero attached hydrogens (tertiary/aromatic N) is 3. The van der Waals surface area contributed by atoms with Crippen LogP contribution in [0.4, 0.5) is 0 Å². The van der Waals surface area contributed by atoms with Crippen molar-refractivity contribution in [2.45, 2.75) is 52.1 Å². The second-order valence-corrected chi connectivity index (χ2v) is 8.90. The lowest BCUT2D eigenvalue weighted by Gasteiger charge is -2.34. The molecule has 6 heteroatoms. The minimum Gasteiger partial charge on any atom is -0.486 e. The van der Waals surface area contributed by atoms with E-state index in [1.54, 1.807) is 18.2 Å². The van der Waals surface area contributed by atoms with Crippen molar-refractivity contribution in [3.8, 4) is 5.75 Å². The van der Waals surface area contributed by atoms with E-state index in [2.05, 4.69) is 28.4 Å². The van der Waals surface area contributed by atoms with Crippen LogP contribution in [0.2, 0.25) is 10.0 Å². The van der Waals surface area contributed by atoms with Crippen LogP contribution in [0.3, 0.4) is 0 Å². The molecule has 0 radical (unpaired) electrons. The summed E-state index contributed by atoms with van der Waals surface area (Å²) in [6.07, 6.45) is 6.86. The number of rotatable bonds is 4. The molecule has 1 atom stereocenters. The van der Waals surface area contributed by atoms with Gasteiger partial charge in [-0.15, -0.1) is 10.2 Å². The topological polar surface area (TPSA) is 39.4 Å². The summed E-state index contributed by atoms with van der Waals surface area (Å²) in [5.41, 5.74) is 2.15. The first-order chi connectivity index (χ1) is 12.9. The highest BCUT2D eigenvalue weighted by molar-refractivity contribution is 6.37. The van der Waals surface area contributed by atoms with Crippen LogP contribution in [-0.4, -0.2) is 14.6 Å². The Hall–Kier alpha value is -1.78. The number of para-hydroxylation sites is 1. The number of benzene rings is 1.